The van der Waals surface area contributed by atoms with Gasteiger partial charge < -0.3 is 25.2 Å². The number of hydrogen-bond donors (Lipinski definition) is 4. The third-order valence-corrected chi connectivity index (χ3v) is 13.4. The fourth-order valence-corrected chi connectivity index (χ4v) is 10.9. The molecule has 0 amide bonds. The molecule has 5 aliphatic carbocycles. The molecule has 0 radical (unpaired) electrons. The van der Waals surface area contributed by atoms with E-state index in [4.69, 9.17) is 0 Å². The fourth-order valence-electron chi connectivity index (χ4n) is 10.9. The number of aliphatic carboxylic acids is 1. The number of aldehydes is 1. The van der Waals surface area contributed by atoms with E-state index in [0.29, 0.717) is 25.7 Å². The average molecular weight is 503 g/mol. The van der Waals surface area contributed by atoms with Crippen molar-refractivity contribution < 1.29 is 30.0 Å². The predicted molar refractivity (Wildman–Crippen MR) is 136 cm³/mol. The highest BCUT2D eigenvalue weighted by Gasteiger charge is 2.72. The van der Waals surface area contributed by atoms with Gasteiger partial charge in [-0.2, -0.15) is 0 Å². The minimum atomic E-state index is -1.10. The molecule has 12 atom stereocenters. The van der Waals surface area contributed by atoms with Crippen LogP contribution in [-0.4, -0.2) is 50.5 Å². The summed E-state index contributed by atoms with van der Waals surface area (Å²) in [5, 5.41) is 44.2. The van der Waals surface area contributed by atoms with Gasteiger partial charge in [0.2, 0.25) is 0 Å². The Hall–Kier alpha value is -1.24. The van der Waals surface area contributed by atoms with Crippen molar-refractivity contribution >= 4 is 12.3 Å². The molecule has 0 aromatic heterocycles. The highest BCUT2D eigenvalue weighted by Crippen LogP contribution is 2.76. The summed E-state index contributed by atoms with van der Waals surface area (Å²) in [4.78, 5) is 25.2. The second-order valence-electron chi connectivity index (χ2n) is 14.6. The molecule has 36 heavy (non-hydrogen) atoms. The first-order valence-corrected chi connectivity index (χ1v) is 14.0. The Bertz CT molecular complexity index is 1000. The molecular weight excluding hydrogens is 456 g/mol. The number of carbonyl (C=O) groups is 2. The maximum absolute atomic E-state index is 12.8. The summed E-state index contributed by atoms with van der Waals surface area (Å²) in [7, 11) is 0. The van der Waals surface area contributed by atoms with Crippen LogP contribution in [-0.2, 0) is 9.59 Å². The lowest BCUT2D eigenvalue weighted by Gasteiger charge is -2.71. The van der Waals surface area contributed by atoms with E-state index in [0.717, 1.165) is 37.5 Å². The minimum Gasteiger partial charge on any atom is -0.481 e. The van der Waals surface area contributed by atoms with Crippen molar-refractivity contribution in [1.29, 1.82) is 0 Å². The molecule has 0 aromatic carbocycles. The normalized spacial score (nSPS) is 58.4. The second-order valence-corrected chi connectivity index (χ2v) is 14.6. The van der Waals surface area contributed by atoms with E-state index in [1.165, 1.54) is 0 Å². The van der Waals surface area contributed by atoms with Crippen LogP contribution in [0.5, 0.6) is 0 Å². The van der Waals surface area contributed by atoms with Crippen molar-refractivity contribution in [2.75, 3.05) is 0 Å². The van der Waals surface area contributed by atoms with Crippen molar-refractivity contribution in [3.05, 3.63) is 11.6 Å². The Labute approximate surface area is 215 Å². The first-order chi connectivity index (χ1) is 16.6. The smallest absolute Gasteiger partial charge is 0.310 e. The molecule has 202 valence electrons. The SMILES string of the molecule is CC1CCC2(C(=O)O)CCC3(C)C(=CCC4C5(C)CC(O)C(O)C(C)(C=O)C5CCC43C)C2C1(C)O. The maximum Gasteiger partial charge on any atom is 0.310 e. The Morgan fingerprint density at radius 2 is 1.67 bits per heavy atom. The summed E-state index contributed by atoms with van der Waals surface area (Å²) in [5.41, 5.74) is -2.70. The first kappa shape index (κ1) is 26.4. The van der Waals surface area contributed by atoms with Gasteiger partial charge >= 0.3 is 5.97 Å². The molecule has 0 saturated heterocycles. The van der Waals surface area contributed by atoms with Crippen molar-refractivity contribution in [1.82, 2.24) is 0 Å². The number of carboxylic acids is 1. The number of aliphatic hydroxyl groups excluding tert-OH is 2. The number of hydrogen-bond acceptors (Lipinski definition) is 5. The lowest BCUT2D eigenvalue weighted by molar-refractivity contribution is -0.234. The molecule has 0 aliphatic heterocycles. The van der Waals surface area contributed by atoms with Gasteiger partial charge in [-0.15, -0.1) is 0 Å². The zero-order valence-electron chi connectivity index (χ0n) is 22.9. The van der Waals surface area contributed by atoms with E-state index in [1.54, 1.807) is 0 Å². The number of fused-ring (bicyclic) bond motifs is 7. The molecule has 5 rings (SSSR count). The van der Waals surface area contributed by atoms with Gasteiger partial charge in [-0.1, -0.05) is 46.3 Å². The van der Waals surface area contributed by atoms with Crippen molar-refractivity contribution in [2.24, 2.45) is 50.7 Å². The number of carbonyl (C=O) groups excluding carboxylic acids is 1. The summed E-state index contributed by atoms with van der Waals surface area (Å²) >= 11 is 0. The zero-order chi connectivity index (χ0) is 26.7. The second kappa shape index (κ2) is 7.66. The zero-order valence-corrected chi connectivity index (χ0v) is 22.9. The van der Waals surface area contributed by atoms with Crippen LogP contribution in [0.2, 0.25) is 0 Å². The summed E-state index contributed by atoms with van der Waals surface area (Å²) < 4.78 is 0. The van der Waals surface area contributed by atoms with Crippen molar-refractivity contribution in [3.8, 4) is 0 Å². The van der Waals surface area contributed by atoms with Crippen molar-refractivity contribution in [2.45, 2.75) is 111 Å². The first-order valence-electron chi connectivity index (χ1n) is 14.0. The summed E-state index contributed by atoms with van der Waals surface area (Å²) in [6.07, 6.45) is 6.60. The van der Waals surface area contributed by atoms with Crippen LogP contribution in [0.4, 0.5) is 0 Å². The van der Waals surface area contributed by atoms with Crippen LogP contribution in [0.3, 0.4) is 0 Å². The lowest BCUT2D eigenvalue weighted by Crippen LogP contribution is -2.69. The van der Waals surface area contributed by atoms with E-state index < -0.39 is 40.5 Å². The molecular formula is C30H46O6. The maximum atomic E-state index is 12.8. The van der Waals surface area contributed by atoms with Crippen LogP contribution in [0.25, 0.3) is 0 Å². The summed E-state index contributed by atoms with van der Waals surface area (Å²) in [6, 6.07) is 0. The topological polar surface area (TPSA) is 115 Å². The van der Waals surface area contributed by atoms with E-state index in [-0.39, 0.29) is 34.0 Å². The highest BCUT2D eigenvalue weighted by atomic mass is 16.4. The van der Waals surface area contributed by atoms with Crippen LogP contribution in [0.15, 0.2) is 11.6 Å². The largest absolute Gasteiger partial charge is 0.481 e. The third-order valence-electron chi connectivity index (χ3n) is 13.4. The van der Waals surface area contributed by atoms with E-state index >= 15 is 0 Å². The Kier molecular flexibility index (Phi) is 5.61. The fraction of sp³-hybridized carbons (Fsp3) is 0.867. The van der Waals surface area contributed by atoms with Gasteiger partial charge in [0.05, 0.1) is 28.6 Å². The molecule has 0 heterocycles. The molecule has 0 spiro atoms. The molecule has 4 saturated carbocycles. The number of aliphatic hydroxyl groups is 3. The van der Waals surface area contributed by atoms with E-state index in [1.807, 2.05) is 20.8 Å². The minimum absolute atomic E-state index is 0.0142. The molecule has 0 bridgehead atoms. The van der Waals surface area contributed by atoms with Crippen LogP contribution < -0.4 is 0 Å². The third kappa shape index (κ3) is 2.85. The van der Waals surface area contributed by atoms with Gasteiger partial charge in [-0.3, -0.25) is 4.79 Å². The Balaban J connectivity index is 1.65. The highest BCUT2D eigenvalue weighted by molar-refractivity contribution is 5.77. The number of carboxylic acid groups (broad SMARTS) is 1. The quantitative estimate of drug-likeness (QED) is 0.330. The number of allylic oxidation sites excluding steroid dienone is 1. The molecule has 5 aliphatic rings. The van der Waals surface area contributed by atoms with Gasteiger partial charge in [-0.25, -0.2) is 0 Å². The van der Waals surface area contributed by atoms with Crippen molar-refractivity contribution in [3.63, 3.8) is 0 Å². The summed E-state index contributed by atoms with van der Waals surface area (Å²) in [5.74, 6) is -1.04. The standard InChI is InChI=1S/C30H46O6/c1-17-9-12-30(24(34)35)14-13-27(4)18(22(30)29(17,6)36)7-8-21-25(2)15-19(32)23(33)26(3,16-31)20(25)10-11-28(21,27)5/h7,16-17,19-23,32-33,36H,8-15H2,1-6H3,(H,34,35). The van der Waals surface area contributed by atoms with Crippen LogP contribution >= 0.6 is 0 Å². The monoisotopic (exact) mass is 502 g/mol. The number of rotatable bonds is 2. The van der Waals surface area contributed by atoms with Gasteiger partial charge in [0.1, 0.15) is 6.29 Å². The lowest BCUT2D eigenvalue weighted by atomic mass is 9.33. The molecule has 4 fully saturated rings. The molecule has 4 N–H and O–H groups in total. The molecule has 0 aromatic rings. The van der Waals surface area contributed by atoms with Crippen LogP contribution in [0, 0.1) is 50.7 Å². The molecule has 6 nitrogen and oxygen atoms in total. The molecule has 12 unspecified atom stereocenters. The van der Waals surface area contributed by atoms with Gasteiger partial charge in [0.15, 0.2) is 0 Å². The Morgan fingerprint density at radius 3 is 2.28 bits per heavy atom. The van der Waals surface area contributed by atoms with Gasteiger partial charge in [-0.05, 0) is 92.3 Å². The van der Waals surface area contributed by atoms with Gasteiger partial charge in [0, 0.05) is 5.92 Å². The predicted octanol–water partition coefficient (Wildman–Crippen LogP) is 4.35. The average Bonchev–Trinajstić information content (AvgIpc) is 2.80. The van der Waals surface area contributed by atoms with E-state index in [2.05, 4.69) is 26.8 Å². The van der Waals surface area contributed by atoms with E-state index in [9.17, 15) is 30.0 Å². The van der Waals surface area contributed by atoms with Gasteiger partial charge in [0.25, 0.3) is 0 Å². The Morgan fingerprint density at radius 1 is 1.00 bits per heavy atom. The van der Waals surface area contributed by atoms with Crippen LogP contribution in [0.1, 0.15) is 92.9 Å². The summed E-state index contributed by atoms with van der Waals surface area (Å²) in [6.45, 7) is 12.6. The molecule has 6 heteroatoms.